The third-order valence-electron chi connectivity index (χ3n) is 2.60. The number of rotatable bonds is 4. The molecule has 1 aromatic carbocycles. The van der Waals surface area contributed by atoms with E-state index >= 15 is 0 Å². The standard InChI is InChI=1S/C13H8N6O2S/c1-18-8-16-17-13(18)22-12-3-2-9(4-10(6-14)7-15)5-11(12)19(20)21/h2-5,8H,1H3. The SMILES string of the molecule is Cn1cnnc1Sc1ccc(C=C(C#N)C#N)cc1[N+](=O)[O-]. The summed E-state index contributed by atoms with van der Waals surface area (Å²) in [5, 5.41) is 36.8. The first-order valence-corrected chi connectivity index (χ1v) is 6.69. The number of nitro benzene ring substituents is 1. The van der Waals surface area contributed by atoms with Crippen LogP contribution in [0.4, 0.5) is 5.69 Å². The number of nitro groups is 1. The molecule has 8 nitrogen and oxygen atoms in total. The van der Waals surface area contributed by atoms with E-state index in [1.54, 1.807) is 35.9 Å². The Morgan fingerprint density at radius 2 is 2.18 bits per heavy atom. The van der Waals surface area contributed by atoms with E-state index in [2.05, 4.69) is 10.2 Å². The van der Waals surface area contributed by atoms with Gasteiger partial charge in [0.25, 0.3) is 5.69 Å². The maximum absolute atomic E-state index is 11.2. The van der Waals surface area contributed by atoms with Crippen molar-refractivity contribution in [3.8, 4) is 12.1 Å². The first kappa shape index (κ1) is 15.2. The molecule has 2 rings (SSSR count). The van der Waals surface area contributed by atoms with Crippen molar-refractivity contribution >= 4 is 23.5 Å². The van der Waals surface area contributed by atoms with E-state index < -0.39 is 4.92 Å². The van der Waals surface area contributed by atoms with E-state index in [0.29, 0.717) is 15.6 Å². The lowest BCUT2D eigenvalue weighted by Crippen LogP contribution is -1.94. The molecular weight excluding hydrogens is 304 g/mol. The molecule has 1 heterocycles. The highest BCUT2D eigenvalue weighted by Gasteiger charge is 2.17. The van der Waals surface area contributed by atoms with E-state index in [0.717, 1.165) is 11.8 Å². The number of aryl methyl sites for hydroxylation is 1. The van der Waals surface area contributed by atoms with Crippen LogP contribution in [0.1, 0.15) is 5.56 Å². The fourth-order valence-electron chi connectivity index (χ4n) is 1.57. The van der Waals surface area contributed by atoms with Crippen LogP contribution in [0.2, 0.25) is 0 Å². The van der Waals surface area contributed by atoms with Gasteiger partial charge in [-0.15, -0.1) is 10.2 Å². The summed E-state index contributed by atoms with van der Waals surface area (Å²) >= 11 is 1.11. The van der Waals surface area contributed by atoms with Gasteiger partial charge in [0.05, 0.1) is 9.82 Å². The van der Waals surface area contributed by atoms with Crippen molar-refractivity contribution in [2.24, 2.45) is 7.05 Å². The molecule has 0 N–H and O–H groups in total. The van der Waals surface area contributed by atoms with Crippen LogP contribution in [0, 0.1) is 32.8 Å². The fraction of sp³-hybridized carbons (Fsp3) is 0.0769. The highest BCUT2D eigenvalue weighted by atomic mass is 32.2. The smallest absolute Gasteiger partial charge is 0.283 e. The molecule has 0 aliphatic carbocycles. The summed E-state index contributed by atoms with van der Waals surface area (Å²) in [7, 11) is 1.73. The van der Waals surface area contributed by atoms with E-state index in [1.807, 2.05) is 0 Å². The average Bonchev–Trinajstić information content (AvgIpc) is 2.91. The number of hydrogen-bond donors (Lipinski definition) is 0. The zero-order valence-corrected chi connectivity index (χ0v) is 12.1. The Balaban J connectivity index is 2.43. The van der Waals surface area contributed by atoms with Crippen molar-refractivity contribution in [2.45, 2.75) is 10.1 Å². The van der Waals surface area contributed by atoms with Crippen molar-refractivity contribution in [1.29, 1.82) is 10.5 Å². The molecule has 1 aromatic heterocycles. The second kappa shape index (κ2) is 6.52. The maximum Gasteiger partial charge on any atom is 0.283 e. The highest BCUT2D eigenvalue weighted by molar-refractivity contribution is 7.99. The molecule has 108 valence electrons. The van der Waals surface area contributed by atoms with Gasteiger partial charge >= 0.3 is 0 Å². The van der Waals surface area contributed by atoms with Crippen LogP contribution >= 0.6 is 11.8 Å². The van der Waals surface area contributed by atoms with Crippen LogP contribution in [0.25, 0.3) is 6.08 Å². The third kappa shape index (κ3) is 3.29. The van der Waals surface area contributed by atoms with Crippen LogP contribution in [0.3, 0.4) is 0 Å². The quantitative estimate of drug-likeness (QED) is 0.482. The number of allylic oxidation sites excluding steroid dienone is 1. The molecule has 22 heavy (non-hydrogen) atoms. The fourth-order valence-corrected chi connectivity index (χ4v) is 2.42. The summed E-state index contributed by atoms with van der Waals surface area (Å²) in [5.74, 6) is 0. The lowest BCUT2D eigenvalue weighted by molar-refractivity contribution is -0.387. The number of nitriles is 2. The summed E-state index contributed by atoms with van der Waals surface area (Å²) in [6, 6.07) is 7.88. The van der Waals surface area contributed by atoms with Crippen LogP contribution in [-0.2, 0) is 7.05 Å². The second-order valence-electron chi connectivity index (χ2n) is 4.09. The number of aromatic nitrogens is 3. The van der Waals surface area contributed by atoms with Gasteiger partial charge in [0.15, 0.2) is 5.16 Å². The monoisotopic (exact) mass is 312 g/mol. The Bertz CT molecular complexity index is 827. The Labute approximate surface area is 129 Å². The van der Waals surface area contributed by atoms with Crippen LogP contribution in [0.5, 0.6) is 0 Å². The minimum atomic E-state index is -0.519. The molecule has 0 atom stereocenters. The van der Waals surface area contributed by atoms with E-state index in [4.69, 9.17) is 10.5 Å². The van der Waals surface area contributed by atoms with Gasteiger partial charge in [-0.1, -0.05) is 6.07 Å². The normalized spacial score (nSPS) is 9.59. The summed E-state index contributed by atoms with van der Waals surface area (Å²) in [4.78, 5) is 11.1. The largest absolute Gasteiger partial charge is 0.311 e. The zero-order valence-electron chi connectivity index (χ0n) is 11.3. The van der Waals surface area contributed by atoms with Gasteiger partial charge in [-0.05, 0) is 29.5 Å². The molecule has 0 spiro atoms. The van der Waals surface area contributed by atoms with E-state index in [-0.39, 0.29) is 11.3 Å². The number of benzene rings is 1. The first-order chi connectivity index (χ1) is 10.5. The van der Waals surface area contributed by atoms with Crippen LogP contribution in [0.15, 0.2) is 40.2 Å². The summed E-state index contributed by atoms with van der Waals surface area (Å²) in [6.07, 6.45) is 2.79. The van der Waals surface area contributed by atoms with Crippen LogP contribution in [-0.4, -0.2) is 19.7 Å². The number of nitrogens with zero attached hydrogens (tertiary/aromatic N) is 6. The molecule has 9 heteroatoms. The lowest BCUT2D eigenvalue weighted by Gasteiger charge is -2.03. The highest BCUT2D eigenvalue weighted by Crippen LogP contribution is 2.34. The molecule has 0 bridgehead atoms. The third-order valence-corrected chi connectivity index (χ3v) is 3.72. The Hall–Kier alpha value is -3.17. The van der Waals surface area contributed by atoms with Crippen molar-refractivity contribution < 1.29 is 4.92 Å². The molecule has 0 saturated heterocycles. The predicted octanol–water partition coefficient (Wildman–Crippen LogP) is 2.31. The van der Waals surface area contributed by atoms with E-state index in [9.17, 15) is 10.1 Å². The lowest BCUT2D eigenvalue weighted by atomic mass is 10.1. The summed E-state index contributed by atoms with van der Waals surface area (Å²) in [5.41, 5.74) is 0.159. The minimum Gasteiger partial charge on any atom is -0.311 e. The molecule has 0 fully saturated rings. The van der Waals surface area contributed by atoms with E-state index in [1.165, 1.54) is 18.5 Å². The molecule has 0 unspecified atom stereocenters. The summed E-state index contributed by atoms with van der Waals surface area (Å²) in [6.45, 7) is 0. The molecule has 0 amide bonds. The minimum absolute atomic E-state index is 0.122. The molecule has 0 saturated carbocycles. The van der Waals surface area contributed by atoms with Gasteiger partial charge in [0.2, 0.25) is 0 Å². The van der Waals surface area contributed by atoms with Gasteiger partial charge < -0.3 is 4.57 Å². The van der Waals surface area contributed by atoms with Gasteiger partial charge in [-0.25, -0.2) is 0 Å². The number of hydrogen-bond acceptors (Lipinski definition) is 7. The van der Waals surface area contributed by atoms with Crippen molar-refractivity contribution in [2.75, 3.05) is 0 Å². The maximum atomic E-state index is 11.2. The van der Waals surface area contributed by atoms with Gasteiger partial charge in [-0.2, -0.15) is 10.5 Å². The first-order valence-electron chi connectivity index (χ1n) is 5.87. The van der Waals surface area contributed by atoms with Crippen molar-refractivity contribution in [3.63, 3.8) is 0 Å². The molecule has 0 aliphatic rings. The Kier molecular flexibility index (Phi) is 4.51. The molecule has 2 aromatic rings. The second-order valence-corrected chi connectivity index (χ2v) is 5.10. The Morgan fingerprint density at radius 1 is 1.45 bits per heavy atom. The van der Waals surface area contributed by atoms with Crippen LogP contribution < -0.4 is 0 Å². The molecule has 0 aliphatic heterocycles. The Morgan fingerprint density at radius 3 is 2.73 bits per heavy atom. The van der Waals surface area contributed by atoms with Crippen molar-refractivity contribution in [1.82, 2.24) is 14.8 Å². The van der Waals surface area contributed by atoms with Crippen molar-refractivity contribution in [3.05, 3.63) is 45.8 Å². The predicted molar refractivity (Wildman–Crippen MR) is 77.4 cm³/mol. The molecular formula is C13H8N6O2S. The van der Waals surface area contributed by atoms with Gasteiger partial charge in [0.1, 0.15) is 24.0 Å². The molecule has 0 radical (unpaired) electrons. The van der Waals surface area contributed by atoms with Gasteiger partial charge in [0, 0.05) is 13.1 Å². The topological polar surface area (TPSA) is 121 Å². The zero-order chi connectivity index (χ0) is 16.1. The summed E-state index contributed by atoms with van der Waals surface area (Å²) < 4.78 is 1.64. The van der Waals surface area contributed by atoms with Gasteiger partial charge in [-0.3, -0.25) is 10.1 Å². The average molecular weight is 312 g/mol.